The average Bonchev–Trinajstić information content (AvgIpc) is 3.33. The van der Waals surface area contributed by atoms with E-state index >= 15 is 0 Å². The summed E-state index contributed by atoms with van der Waals surface area (Å²) in [4.78, 5) is 71.4. The summed E-state index contributed by atoms with van der Waals surface area (Å²) >= 11 is 2.12. The van der Waals surface area contributed by atoms with Gasteiger partial charge in [0.2, 0.25) is 11.0 Å². The Morgan fingerprint density at radius 1 is 1.27 bits per heavy atom. The number of nitrogens with zero attached hydrogens (tertiary/aromatic N) is 4. The quantitative estimate of drug-likeness (QED) is 0.0943. The molecule has 16 nitrogen and oxygen atoms in total. The van der Waals surface area contributed by atoms with Gasteiger partial charge in [0.15, 0.2) is 16.6 Å². The van der Waals surface area contributed by atoms with Crippen LogP contribution in [0.2, 0.25) is 0 Å². The van der Waals surface area contributed by atoms with Crippen molar-refractivity contribution in [1.29, 1.82) is 0 Å². The molecule has 2 atom stereocenters. The monoisotopic (exact) mass is 606 g/mol. The summed E-state index contributed by atoms with van der Waals surface area (Å²) in [6.45, 7) is 2.42. The number of oxime groups is 1. The second-order valence-corrected chi connectivity index (χ2v) is 11.1. The predicted octanol–water partition coefficient (Wildman–Crippen LogP) is -0.134. The van der Waals surface area contributed by atoms with E-state index in [9.17, 15) is 44.5 Å². The van der Waals surface area contributed by atoms with Crippen LogP contribution in [-0.2, 0) is 24.0 Å². The number of aromatic hydroxyl groups is 1. The second kappa shape index (κ2) is 11.0. The number of carboxylic acids is 2. The third-order valence-corrected chi connectivity index (χ3v) is 7.82. The number of carbonyl (C=O) groups is 4. The standard InChI is InChI=1S/C23H22N6O10S2/c1-23(2,21(36)37)39-27-14(11-8-41-22(24)25-11)17(32)26-15-18(33)29-16(20(34)35)9(7-40-19(15)29)3-4-10-5-12(30)13(31)6-28(10)38/h3-6,8,15,19,31,38H,7H2,1-2H3,(H2,24,25)(H,26,32)(H,34,35)(H,36,37). The molecule has 2 aromatic heterocycles. The number of thiazole rings is 1. The minimum Gasteiger partial charge on any atom is -0.503 e. The number of carboxylic acid groups (broad SMARTS) is 2. The Balaban J connectivity index is 1.57. The summed E-state index contributed by atoms with van der Waals surface area (Å²) in [6.07, 6.45) is 3.32. The Morgan fingerprint density at radius 2 is 1.98 bits per heavy atom. The molecule has 0 aromatic carbocycles. The lowest BCUT2D eigenvalue weighted by Crippen LogP contribution is -2.71. The van der Waals surface area contributed by atoms with Gasteiger partial charge in [0.25, 0.3) is 11.8 Å². The summed E-state index contributed by atoms with van der Waals surface area (Å²) in [5.74, 6) is -5.07. The Bertz CT molecular complexity index is 1610. The predicted molar refractivity (Wildman–Crippen MR) is 144 cm³/mol. The first-order valence-corrected chi connectivity index (χ1v) is 13.4. The van der Waals surface area contributed by atoms with Gasteiger partial charge in [-0.25, -0.2) is 14.6 Å². The normalized spacial score (nSPS) is 19.1. The van der Waals surface area contributed by atoms with Gasteiger partial charge in [0.05, 0.1) is 11.9 Å². The number of hydrogen-bond acceptors (Lipinski definition) is 13. The van der Waals surface area contributed by atoms with E-state index in [1.54, 1.807) is 0 Å². The highest BCUT2D eigenvalue weighted by atomic mass is 32.2. The van der Waals surface area contributed by atoms with E-state index in [1.807, 2.05) is 0 Å². The molecular weight excluding hydrogens is 584 g/mol. The van der Waals surface area contributed by atoms with Gasteiger partial charge in [0, 0.05) is 17.2 Å². The number of nitrogens with one attached hydrogen (secondary N) is 1. The molecule has 0 spiro atoms. The van der Waals surface area contributed by atoms with Crippen molar-refractivity contribution in [3.8, 4) is 5.75 Å². The van der Waals surface area contributed by atoms with E-state index in [-0.39, 0.29) is 33.5 Å². The van der Waals surface area contributed by atoms with Crippen molar-refractivity contribution in [3.63, 3.8) is 0 Å². The van der Waals surface area contributed by atoms with Crippen LogP contribution >= 0.6 is 23.1 Å². The molecule has 0 radical (unpaired) electrons. The minimum absolute atomic E-state index is 0.0266. The maximum Gasteiger partial charge on any atom is 0.352 e. The Morgan fingerprint density at radius 3 is 2.59 bits per heavy atom. The number of carbonyl (C=O) groups excluding carboxylic acids is 2. The molecule has 2 amide bonds. The van der Waals surface area contributed by atoms with Gasteiger partial charge in [-0.3, -0.25) is 19.3 Å². The van der Waals surface area contributed by atoms with Crippen molar-refractivity contribution in [2.45, 2.75) is 30.9 Å². The van der Waals surface area contributed by atoms with Crippen LogP contribution < -0.4 is 16.5 Å². The van der Waals surface area contributed by atoms with Crippen molar-refractivity contribution in [1.82, 2.24) is 19.9 Å². The van der Waals surface area contributed by atoms with E-state index < -0.39 is 57.7 Å². The number of aliphatic carboxylic acids is 2. The number of hydrogen-bond donors (Lipinski definition) is 6. The highest BCUT2D eigenvalue weighted by Gasteiger charge is 2.54. The number of nitrogen functional groups attached to an aromatic ring is 1. The zero-order valence-corrected chi connectivity index (χ0v) is 22.8. The van der Waals surface area contributed by atoms with Gasteiger partial charge < -0.3 is 36.4 Å². The zero-order valence-electron chi connectivity index (χ0n) is 21.2. The lowest BCUT2D eigenvalue weighted by atomic mass is 10.0. The topological polar surface area (TPSA) is 247 Å². The van der Waals surface area contributed by atoms with Crippen LogP contribution in [0.25, 0.3) is 6.08 Å². The second-order valence-electron chi connectivity index (χ2n) is 9.08. The van der Waals surface area contributed by atoms with E-state index in [0.29, 0.717) is 4.73 Å². The van der Waals surface area contributed by atoms with Crippen molar-refractivity contribution in [3.05, 3.63) is 56.6 Å². The van der Waals surface area contributed by atoms with E-state index in [4.69, 9.17) is 10.6 Å². The molecule has 2 aliphatic heterocycles. The van der Waals surface area contributed by atoms with Crippen molar-refractivity contribution < 1.29 is 44.5 Å². The fourth-order valence-corrected chi connectivity index (χ4v) is 5.49. The molecule has 7 N–H and O–H groups in total. The summed E-state index contributed by atoms with van der Waals surface area (Å²) < 4.78 is 0.476. The Labute approximate surface area is 238 Å². The number of rotatable bonds is 9. The number of nitrogens with two attached hydrogens (primary N) is 1. The smallest absolute Gasteiger partial charge is 0.352 e. The summed E-state index contributed by atoms with van der Waals surface area (Å²) in [6, 6.07) is -0.233. The number of aromatic nitrogens is 2. The molecule has 2 unspecified atom stereocenters. The van der Waals surface area contributed by atoms with Crippen LogP contribution in [0, 0.1) is 0 Å². The highest BCUT2D eigenvalue weighted by Crippen LogP contribution is 2.40. The fourth-order valence-electron chi connectivity index (χ4n) is 3.62. The van der Waals surface area contributed by atoms with Crippen molar-refractivity contribution in [2.24, 2.45) is 5.16 Å². The van der Waals surface area contributed by atoms with Crippen LogP contribution in [0.5, 0.6) is 5.75 Å². The number of amides is 2. The van der Waals surface area contributed by atoms with Gasteiger partial charge in [-0.15, -0.1) is 23.1 Å². The fraction of sp³-hybridized carbons (Fsp3) is 0.261. The first-order chi connectivity index (χ1) is 19.2. The summed E-state index contributed by atoms with van der Waals surface area (Å²) in [5, 5.41) is 45.3. The Hall–Kier alpha value is -4.84. The van der Waals surface area contributed by atoms with E-state index in [1.165, 1.54) is 31.4 Å². The van der Waals surface area contributed by atoms with E-state index in [0.717, 1.165) is 40.3 Å². The molecule has 2 aliphatic rings. The van der Waals surface area contributed by atoms with Crippen molar-refractivity contribution >= 4 is 63.8 Å². The molecule has 0 saturated carbocycles. The van der Waals surface area contributed by atoms with Crippen molar-refractivity contribution in [2.75, 3.05) is 11.5 Å². The van der Waals surface area contributed by atoms with Crippen LogP contribution in [0.1, 0.15) is 25.2 Å². The molecule has 1 saturated heterocycles. The first kappa shape index (κ1) is 29.2. The van der Waals surface area contributed by atoms with Gasteiger partial charge in [-0.2, -0.15) is 4.73 Å². The lowest BCUT2D eigenvalue weighted by molar-refractivity contribution is -0.161. The molecule has 0 aliphatic carbocycles. The number of fused-ring (bicyclic) bond motifs is 1. The van der Waals surface area contributed by atoms with Gasteiger partial charge in [-0.1, -0.05) is 11.2 Å². The zero-order chi connectivity index (χ0) is 30.2. The number of allylic oxidation sites excluding steroid dienone is 1. The molecule has 41 heavy (non-hydrogen) atoms. The third-order valence-electron chi connectivity index (χ3n) is 5.84. The Kier molecular flexibility index (Phi) is 7.80. The average molecular weight is 607 g/mol. The van der Waals surface area contributed by atoms with Crippen LogP contribution in [0.4, 0.5) is 5.13 Å². The highest BCUT2D eigenvalue weighted by molar-refractivity contribution is 8.00. The molecule has 4 heterocycles. The molecule has 18 heteroatoms. The molecule has 216 valence electrons. The summed E-state index contributed by atoms with van der Waals surface area (Å²) in [7, 11) is 0. The molecule has 2 aromatic rings. The molecule has 4 rings (SSSR count). The minimum atomic E-state index is -1.80. The van der Waals surface area contributed by atoms with Gasteiger partial charge >= 0.3 is 11.9 Å². The number of anilines is 1. The largest absolute Gasteiger partial charge is 0.503 e. The number of thioether (sulfide) groups is 1. The molecule has 1 fully saturated rings. The van der Waals surface area contributed by atoms with Crippen LogP contribution in [-0.4, -0.2) is 87.4 Å². The van der Waals surface area contributed by atoms with Gasteiger partial charge in [-0.05, 0) is 25.5 Å². The summed E-state index contributed by atoms with van der Waals surface area (Å²) in [5.41, 5.74) is 2.38. The maximum absolute atomic E-state index is 13.2. The van der Waals surface area contributed by atoms with Crippen LogP contribution in [0.3, 0.4) is 0 Å². The third kappa shape index (κ3) is 5.73. The van der Waals surface area contributed by atoms with E-state index in [2.05, 4.69) is 15.5 Å². The SMILES string of the molecule is CC(C)(ON=C(C(=O)NC1C(=O)N2C(C(=O)O)=C(C=Cc3cc(=O)c(O)cn3O)CSC12)c1csc(N)n1)C(=O)O. The number of β-lactam (4-membered cyclic amide) rings is 1. The first-order valence-electron chi connectivity index (χ1n) is 11.5. The number of pyridine rings is 1. The molecule has 0 bridgehead atoms. The van der Waals surface area contributed by atoms with Crippen LogP contribution in [0.15, 0.2) is 44.9 Å². The van der Waals surface area contributed by atoms with Gasteiger partial charge in [0.1, 0.15) is 22.8 Å². The molecular formula is C23H22N6O10S2. The lowest BCUT2D eigenvalue weighted by Gasteiger charge is -2.49. The maximum atomic E-state index is 13.2.